The van der Waals surface area contributed by atoms with Gasteiger partial charge in [0.05, 0.1) is 13.2 Å². The molecule has 128 valence electrons. The molecule has 2 aromatic rings. The summed E-state index contributed by atoms with van der Waals surface area (Å²) in [7, 11) is 0. The minimum absolute atomic E-state index is 0.257. The van der Waals surface area contributed by atoms with Gasteiger partial charge in [-0.25, -0.2) is 4.79 Å². The zero-order valence-corrected chi connectivity index (χ0v) is 14.3. The van der Waals surface area contributed by atoms with Crippen LogP contribution in [0.25, 0.3) is 6.08 Å². The fourth-order valence-electron chi connectivity index (χ4n) is 2.70. The van der Waals surface area contributed by atoms with Crippen LogP contribution in [0.3, 0.4) is 0 Å². The summed E-state index contributed by atoms with van der Waals surface area (Å²) in [6.07, 6.45) is 1.67. The SMILES string of the molecule is CCOc1ccc(/C=C2/NC(=O)N(Cc3cccc(C)c3)C2=O)cc1. The summed E-state index contributed by atoms with van der Waals surface area (Å²) in [5, 5.41) is 2.64. The van der Waals surface area contributed by atoms with Crippen LogP contribution in [0.4, 0.5) is 4.79 Å². The number of hydrogen-bond donors (Lipinski definition) is 1. The number of carbonyl (C=O) groups is 2. The summed E-state index contributed by atoms with van der Waals surface area (Å²) in [6.45, 7) is 4.76. The van der Waals surface area contributed by atoms with Crippen LogP contribution in [0.2, 0.25) is 0 Å². The van der Waals surface area contributed by atoms with Gasteiger partial charge in [0.1, 0.15) is 11.4 Å². The van der Waals surface area contributed by atoms with Crippen molar-refractivity contribution in [3.8, 4) is 5.75 Å². The van der Waals surface area contributed by atoms with Gasteiger partial charge in [-0.2, -0.15) is 0 Å². The second kappa shape index (κ2) is 7.21. The van der Waals surface area contributed by atoms with E-state index in [1.54, 1.807) is 6.08 Å². The van der Waals surface area contributed by atoms with E-state index in [0.717, 1.165) is 22.4 Å². The van der Waals surface area contributed by atoms with Crippen LogP contribution in [-0.2, 0) is 11.3 Å². The van der Waals surface area contributed by atoms with Gasteiger partial charge >= 0.3 is 6.03 Å². The molecule has 0 atom stereocenters. The average molecular weight is 336 g/mol. The molecule has 0 aromatic heterocycles. The van der Waals surface area contributed by atoms with Crippen LogP contribution in [0, 0.1) is 6.92 Å². The van der Waals surface area contributed by atoms with E-state index < -0.39 is 6.03 Å². The first-order valence-electron chi connectivity index (χ1n) is 8.20. The maximum absolute atomic E-state index is 12.5. The second-order valence-corrected chi connectivity index (χ2v) is 5.87. The average Bonchev–Trinajstić information content (AvgIpc) is 2.84. The largest absolute Gasteiger partial charge is 0.494 e. The van der Waals surface area contributed by atoms with Crippen molar-refractivity contribution >= 4 is 18.0 Å². The van der Waals surface area contributed by atoms with E-state index in [1.807, 2.05) is 62.4 Å². The van der Waals surface area contributed by atoms with Crippen LogP contribution in [-0.4, -0.2) is 23.4 Å². The van der Waals surface area contributed by atoms with Crippen LogP contribution in [0.5, 0.6) is 5.75 Å². The van der Waals surface area contributed by atoms with Crippen molar-refractivity contribution in [1.29, 1.82) is 0 Å². The lowest BCUT2D eigenvalue weighted by molar-refractivity contribution is -0.123. The molecule has 1 saturated heterocycles. The molecule has 1 aliphatic rings. The van der Waals surface area contributed by atoms with E-state index in [4.69, 9.17) is 4.74 Å². The van der Waals surface area contributed by atoms with Crippen LogP contribution < -0.4 is 10.1 Å². The summed E-state index contributed by atoms with van der Waals surface area (Å²) >= 11 is 0. The van der Waals surface area contributed by atoms with Gasteiger partial charge in [0.25, 0.3) is 5.91 Å². The molecule has 0 radical (unpaired) electrons. The number of hydrogen-bond acceptors (Lipinski definition) is 3. The third-order valence-electron chi connectivity index (χ3n) is 3.89. The van der Waals surface area contributed by atoms with Gasteiger partial charge in [-0.3, -0.25) is 9.69 Å². The van der Waals surface area contributed by atoms with E-state index in [9.17, 15) is 9.59 Å². The summed E-state index contributed by atoms with van der Waals surface area (Å²) in [5.41, 5.74) is 3.12. The Labute approximate surface area is 146 Å². The standard InChI is InChI=1S/C20H20N2O3/c1-3-25-17-9-7-15(8-10-17)12-18-19(23)22(20(24)21-18)13-16-6-4-5-14(2)11-16/h4-12H,3,13H2,1-2H3,(H,21,24)/b18-12+. The minimum Gasteiger partial charge on any atom is -0.494 e. The Hall–Kier alpha value is -3.08. The highest BCUT2D eigenvalue weighted by Gasteiger charge is 2.33. The lowest BCUT2D eigenvalue weighted by Gasteiger charge is -2.12. The molecule has 0 unspecified atom stereocenters. The van der Waals surface area contributed by atoms with E-state index >= 15 is 0 Å². The van der Waals surface area contributed by atoms with Crippen molar-refractivity contribution in [1.82, 2.24) is 10.2 Å². The molecule has 1 aliphatic heterocycles. The molecule has 0 saturated carbocycles. The third-order valence-corrected chi connectivity index (χ3v) is 3.89. The fraction of sp³-hybridized carbons (Fsp3) is 0.200. The number of ether oxygens (including phenoxy) is 1. The van der Waals surface area contributed by atoms with Gasteiger partial charge in [0.15, 0.2) is 0 Å². The Morgan fingerprint density at radius 3 is 2.56 bits per heavy atom. The monoisotopic (exact) mass is 336 g/mol. The molecular formula is C20H20N2O3. The van der Waals surface area contributed by atoms with Gasteiger partial charge in [0.2, 0.25) is 0 Å². The van der Waals surface area contributed by atoms with Gasteiger partial charge < -0.3 is 10.1 Å². The highest BCUT2D eigenvalue weighted by Crippen LogP contribution is 2.19. The predicted molar refractivity (Wildman–Crippen MR) is 95.8 cm³/mol. The quantitative estimate of drug-likeness (QED) is 0.672. The Kier molecular flexibility index (Phi) is 4.84. The molecule has 0 spiro atoms. The lowest BCUT2D eigenvalue weighted by Crippen LogP contribution is -2.30. The molecule has 0 aliphatic carbocycles. The normalized spacial score (nSPS) is 15.6. The molecule has 1 N–H and O–H groups in total. The van der Waals surface area contributed by atoms with Gasteiger partial charge in [-0.1, -0.05) is 42.0 Å². The number of imide groups is 1. The number of amides is 3. The molecule has 1 heterocycles. The first-order valence-corrected chi connectivity index (χ1v) is 8.20. The molecule has 2 aromatic carbocycles. The zero-order valence-electron chi connectivity index (χ0n) is 14.3. The second-order valence-electron chi connectivity index (χ2n) is 5.87. The van der Waals surface area contributed by atoms with E-state index in [-0.39, 0.29) is 18.1 Å². The van der Waals surface area contributed by atoms with Crippen molar-refractivity contribution in [2.24, 2.45) is 0 Å². The Morgan fingerprint density at radius 2 is 1.88 bits per heavy atom. The smallest absolute Gasteiger partial charge is 0.329 e. The molecule has 3 amide bonds. The number of urea groups is 1. The highest BCUT2D eigenvalue weighted by atomic mass is 16.5. The van der Waals surface area contributed by atoms with Crippen molar-refractivity contribution in [2.45, 2.75) is 20.4 Å². The van der Waals surface area contributed by atoms with Gasteiger partial charge in [0, 0.05) is 0 Å². The first kappa shape index (κ1) is 16.8. The number of aryl methyl sites for hydroxylation is 1. The predicted octanol–water partition coefficient (Wildman–Crippen LogP) is 3.49. The fourth-order valence-corrected chi connectivity index (χ4v) is 2.70. The molecule has 25 heavy (non-hydrogen) atoms. The first-order chi connectivity index (χ1) is 12.1. The third kappa shape index (κ3) is 3.88. The number of benzene rings is 2. The maximum atomic E-state index is 12.5. The summed E-state index contributed by atoms with van der Waals surface area (Å²) in [6, 6.07) is 14.7. The van der Waals surface area contributed by atoms with E-state index in [2.05, 4.69) is 5.32 Å². The van der Waals surface area contributed by atoms with E-state index in [0.29, 0.717) is 6.61 Å². The maximum Gasteiger partial charge on any atom is 0.329 e. The number of nitrogens with one attached hydrogen (secondary N) is 1. The molecule has 5 heteroatoms. The van der Waals surface area contributed by atoms with Gasteiger partial charge in [-0.15, -0.1) is 0 Å². The van der Waals surface area contributed by atoms with Gasteiger partial charge in [-0.05, 0) is 43.2 Å². The Bertz CT molecular complexity index is 825. The molecule has 5 nitrogen and oxygen atoms in total. The molecule has 1 fully saturated rings. The minimum atomic E-state index is -0.399. The molecular weight excluding hydrogens is 316 g/mol. The topological polar surface area (TPSA) is 58.6 Å². The molecule has 3 rings (SSSR count). The van der Waals surface area contributed by atoms with Crippen molar-refractivity contribution in [3.05, 3.63) is 70.9 Å². The molecule has 0 bridgehead atoms. The Balaban J connectivity index is 1.76. The number of carbonyl (C=O) groups excluding carboxylic acids is 2. The Morgan fingerprint density at radius 1 is 1.12 bits per heavy atom. The van der Waals surface area contributed by atoms with Crippen LogP contribution in [0.1, 0.15) is 23.6 Å². The lowest BCUT2D eigenvalue weighted by atomic mass is 10.1. The van der Waals surface area contributed by atoms with Crippen molar-refractivity contribution < 1.29 is 14.3 Å². The van der Waals surface area contributed by atoms with Crippen LogP contribution >= 0.6 is 0 Å². The van der Waals surface area contributed by atoms with Crippen molar-refractivity contribution in [2.75, 3.05) is 6.61 Å². The number of rotatable bonds is 5. The van der Waals surface area contributed by atoms with Crippen molar-refractivity contribution in [3.63, 3.8) is 0 Å². The van der Waals surface area contributed by atoms with E-state index in [1.165, 1.54) is 4.90 Å². The van der Waals surface area contributed by atoms with Crippen LogP contribution in [0.15, 0.2) is 54.2 Å². The summed E-state index contributed by atoms with van der Waals surface area (Å²) in [4.78, 5) is 25.9. The summed E-state index contributed by atoms with van der Waals surface area (Å²) < 4.78 is 5.40. The summed E-state index contributed by atoms with van der Waals surface area (Å²) in [5.74, 6) is 0.452. The number of nitrogens with zero attached hydrogens (tertiary/aromatic N) is 1. The zero-order chi connectivity index (χ0) is 17.8. The highest BCUT2D eigenvalue weighted by molar-refractivity contribution is 6.13.